The van der Waals surface area contributed by atoms with Gasteiger partial charge in [-0.2, -0.15) is 0 Å². The molecule has 94 valence electrons. The minimum Gasteiger partial charge on any atom is -0.385 e. The largest absolute Gasteiger partial charge is 0.385 e. The Morgan fingerprint density at radius 3 is 2.56 bits per heavy atom. The van der Waals surface area contributed by atoms with Crippen LogP contribution in [0.3, 0.4) is 0 Å². The van der Waals surface area contributed by atoms with Gasteiger partial charge in [0.1, 0.15) is 0 Å². The molecule has 4 nitrogen and oxygen atoms in total. The highest BCUT2D eigenvalue weighted by Gasteiger charge is 2.45. The Hall–Kier alpha value is -0.610. The third-order valence-corrected chi connectivity index (χ3v) is 3.70. The molecule has 0 heterocycles. The monoisotopic (exact) mass is 228 g/mol. The Morgan fingerprint density at radius 2 is 2.12 bits per heavy atom. The van der Waals surface area contributed by atoms with Crippen molar-refractivity contribution < 1.29 is 9.53 Å². The lowest BCUT2D eigenvalue weighted by Gasteiger charge is -2.21. The van der Waals surface area contributed by atoms with Gasteiger partial charge in [0, 0.05) is 20.3 Å². The molecular formula is C12H24N2O2. The van der Waals surface area contributed by atoms with E-state index in [2.05, 4.69) is 19.2 Å². The zero-order chi connectivity index (χ0) is 12.2. The molecule has 1 unspecified atom stereocenters. The molecule has 0 radical (unpaired) electrons. The topological polar surface area (TPSA) is 64.3 Å². The van der Waals surface area contributed by atoms with E-state index in [-0.39, 0.29) is 5.91 Å². The lowest BCUT2D eigenvalue weighted by molar-refractivity contribution is -0.123. The van der Waals surface area contributed by atoms with Crippen molar-refractivity contribution in [3.8, 4) is 0 Å². The summed E-state index contributed by atoms with van der Waals surface area (Å²) in [6, 6.07) is -0.442. The van der Waals surface area contributed by atoms with Crippen molar-refractivity contribution in [1.82, 2.24) is 5.32 Å². The minimum absolute atomic E-state index is 0.0519. The maximum atomic E-state index is 11.7. The van der Waals surface area contributed by atoms with Crippen molar-refractivity contribution in [2.24, 2.45) is 17.1 Å². The third-order valence-electron chi connectivity index (χ3n) is 3.70. The molecule has 1 aliphatic rings. The zero-order valence-electron chi connectivity index (χ0n) is 10.6. The van der Waals surface area contributed by atoms with Gasteiger partial charge in [-0.05, 0) is 30.6 Å². The quantitative estimate of drug-likeness (QED) is 0.680. The van der Waals surface area contributed by atoms with Crippen molar-refractivity contribution in [3.05, 3.63) is 0 Å². The first-order valence-corrected chi connectivity index (χ1v) is 6.04. The van der Waals surface area contributed by atoms with Crippen LogP contribution >= 0.6 is 0 Å². The van der Waals surface area contributed by atoms with Crippen molar-refractivity contribution >= 4 is 5.91 Å². The van der Waals surface area contributed by atoms with Crippen molar-refractivity contribution in [2.45, 2.75) is 39.2 Å². The van der Waals surface area contributed by atoms with Crippen LogP contribution in [0, 0.1) is 11.3 Å². The second-order valence-corrected chi connectivity index (χ2v) is 5.12. The third kappa shape index (κ3) is 3.46. The summed E-state index contributed by atoms with van der Waals surface area (Å²) in [6.07, 6.45) is 3.02. The molecule has 1 saturated carbocycles. The predicted octanol–water partition coefficient (Wildman–Crippen LogP) is 0.903. The molecule has 0 bridgehead atoms. The first-order valence-electron chi connectivity index (χ1n) is 6.04. The normalized spacial score (nSPS) is 19.6. The molecule has 0 aromatic heterocycles. The van der Waals surface area contributed by atoms with Crippen molar-refractivity contribution in [1.29, 1.82) is 0 Å². The molecule has 0 spiro atoms. The predicted molar refractivity (Wildman–Crippen MR) is 64.0 cm³/mol. The Labute approximate surface area is 97.9 Å². The molecule has 3 N–H and O–H groups in total. The van der Waals surface area contributed by atoms with Crippen LogP contribution in [0.5, 0.6) is 0 Å². The summed E-state index contributed by atoms with van der Waals surface area (Å²) in [5, 5.41) is 2.96. The lowest BCUT2D eigenvalue weighted by Crippen LogP contribution is -2.44. The number of rotatable bonds is 7. The van der Waals surface area contributed by atoms with Gasteiger partial charge in [-0.25, -0.2) is 0 Å². The van der Waals surface area contributed by atoms with E-state index in [4.69, 9.17) is 10.5 Å². The molecule has 0 aromatic carbocycles. The maximum absolute atomic E-state index is 11.7. The van der Waals surface area contributed by atoms with Gasteiger partial charge < -0.3 is 15.8 Å². The number of carbonyl (C=O) groups excluding carboxylic acids is 1. The number of ether oxygens (including phenoxy) is 1. The highest BCUT2D eigenvalue weighted by molar-refractivity contribution is 5.81. The van der Waals surface area contributed by atoms with Gasteiger partial charge in [0.25, 0.3) is 0 Å². The zero-order valence-corrected chi connectivity index (χ0v) is 10.6. The Bertz CT molecular complexity index is 237. The van der Waals surface area contributed by atoms with Crippen LogP contribution in [0.1, 0.15) is 33.1 Å². The molecule has 16 heavy (non-hydrogen) atoms. The van der Waals surface area contributed by atoms with E-state index in [1.165, 1.54) is 12.8 Å². The van der Waals surface area contributed by atoms with Gasteiger partial charge in [-0.3, -0.25) is 4.79 Å². The van der Waals surface area contributed by atoms with Crippen LogP contribution in [-0.4, -0.2) is 32.2 Å². The smallest absolute Gasteiger partial charge is 0.237 e. The van der Waals surface area contributed by atoms with Gasteiger partial charge in [-0.1, -0.05) is 13.8 Å². The average Bonchev–Trinajstić information content (AvgIpc) is 3.03. The van der Waals surface area contributed by atoms with E-state index in [0.717, 1.165) is 6.54 Å². The molecule has 1 aliphatic carbocycles. The van der Waals surface area contributed by atoms with Crippen LogP contribution in [0.15, 0.2) is 0 Å². The van der Waals surface area contributed by atoms with E-state index >= 15 is 0 Å². The summed E-state index contributed by atoms with van der Waals surface area (Å²) in [5.74, 6) is 0.576. The van der Waals surface area contributed by atoms with E-state index < -0.39 is 6.04 Å². The first-order chi connectivity index (χ1) is 7.52. The van der Waals surface area contributed by atoms with Crippen LogP contribution in [-0.2, 0) is 9.53 Å². The van der Waals surface area contributed by atoms with Crippen molar-refractivity contribution in [3.63, 3.8) is 0 Å². The molecule has 1 fully saturated rings. The van der Waals surface area contributed by atoms with Crippen LogP contribution in [0.25, 0.3) is 0 Å². The van der Waals surface area contributed by atoms with Gasteiger partial charge in [0.15, 0.2) is 0 Å². The lowest BCUT2D eigenvalue weighted by atomic mass is 9.92. The van der Waals surface area contributed by atoms with E-state index in [9.17, 15) is 4.79 Å². The number of methoxy groups -OCH3 is 1. The Kier molecular flexibility index (Phi) is 4.74. The number of hydrogen-bond donors (Lipinski definition) is 2. The van der Waals surface area contributed by atoms with Crippen LogP contribution in [0.2, 0.25) is 0 Å². The summed E-state index contributed by atoms with van der Waals surface area (Å²) < 4.78 is 4.90. The second-order valence-electron chi connectivity index (χ2n) is 5.12. The number of amides is 1. The summed E-state index contributed by atoms with van der Waals surface area (Å²) in [7, 11) is 1.61. The van der Waals surface area contributed by atoms with Gasteiger partial charge >= 0.3 is 0 Å². The van der Waals surface area contributed by atoms with Gasteiger partial charge in [0.05, 0.1) is 6.04 Å². The minimum atomic E-state index is -0.442. The number of hydrogen-bond acceptors (Lipinski definition) is 3. The molecule has 0 aromatic rings. The molecule has 1 atom stereocenters. The van der Waals surface area contributed by atoms with E-state index in [1.54, 1.807) is 7.11 Å². The maximum Gasteiger partial charge on any atom is 0.237 e. The van der Waals surface area contributed by atoms with E-state index in [0.29, 0.717) is 24.4 Å². The molecule has 1 amide bonds. The average molecular weight is 228 g/mol. The van der Waals surface area contributed by atoms with E-state index in [1.807, 2.05) is 0 Å². The SMILES string of the molecule is COCCC(N)C(=O)NCC1(C(C)C)CC1. The summed E-state index contributed by atoms with van der Waals surface area (Å²) >= 11 is 0. The Morgan fingerprint density at radius 1 is 1.50 bits per heavy atom. The number of nitrogens with one attached hydrogen (secondary N) is 1. The first kappa shape index (κ1) is 13.5. The van der Waals surface area contributed by atoms with Gasteiger partial charge in [0.2, 0.25) is 5.91 Å². The van der Waals surface area contributed by atoms with Crippen molar-refractivity contribution in [2.75, 3.05) is 20.3 Å². The molecule has 4 heteroatoms. The second kappa shape index (κ2) is 5.64. The standard InChI is InChI=1S/C12H24N2O2/c1-9(2)12(5-6-12)8-14-11(15)10(13)4-7-16-3/h9-10H,4-8,13H2,1-3H3,(H,14,15). The molecule has 0 aliphatic heterocycles. The number of nitrogens with two attached hydrogens (primary N) is 1. The van der Waals surface area contributed by atoms with Crippen LogP contribution < -0.4 is 11.1 Å². The fourth-order valence-corrected chi connectivity index (χ4v) is 1.89. The molecule has 1 rings (SSSR count). The highest BCUT2D eigenvalue weighted by Crippen LogP contribution is 2.51. The molecule has 0 saturated heterocycles. The Balaban J connectivity index is 2.24. The van der Waals surface area contributed by atoms with Gasteiger partial charge in [-0.15, -0.1) is 0 Å². The number of carbonyl (C=O) groups is 1. The van der Waals surface area contributed by atoms with Crippen LogP contribution in [0.4, 0.5) is 0 Å². The summed E-state index contributed by atoms with van der Waals surface area (Å²) in [5.41, 5.74) is 6.08. The summed E-state index contributed by atoms with van der Waals surface area (Å²) in [6.45, 7) is 5.72. The summed E-state index contributed by atoms with van der Waals surface area (Å²) in [4.78, 5) is 11.7. The fraction of sp³-hybridized carbons (Fsp3) is 0.917. The highest BCUT2D eigenvalue weighted by atomic mass is 16.5. The molecular weight excluding hydrogens is 204 g/mol. The fourth-order valence-electron chi connectivity index (χ4n) is 1.89.